The van der Waals surface area contributed by atoms with E-state index in [1.165, 1.54) is 6.07 Å². The maximum atomic E-state index is 14.9. The van der Waals surface area contributed by atoms with Crippen LogP contribution in [0.25, 0.3) is 0 Å². The molecule has 4 fully saturated rings. The molecular formula is C24H30F3NO2. The minimum atomic E-state index is -2.49. The van der Waals surface area contributed by atoms with Crippen LogP contribution < -0.4 is 4.74 Å². The Hall–Kier alpha value is -1.72. The summed E-state index contributed by atoms with van der Waals surface area (Å²) in [5.74, 6) is -2.41. The zero-order valence-corrected chi connectivity index (χ0v) is 17.6. The lowest BCUT2D eigenvalue weighted by Crippen LogP contribution is -2.33. The molecule has 1 saturated heterocycles. The highest BCUT2D eigenvalue weighted by molar-refractivity contribution is 5.95. The summed E-state index contributed by atoms with van der Waals surface area (Å²) in [7, 11) is 0. The third-order valence-electron chi connectivity index (χ3n) is 7.94. The van der Waals surface area contributed by atoms with Gasteiger partial charge in [0.2, 0.25) is 0 Å². The molecule has 3 aliphatic carbocycles. The average Bonchev–Trinajstić information content (AvgIpc) is 3.56. The number of likely N-dealkylation sites (tertiary alicyclic amines) is 1. The van der Waals surface area contributed by atoms with Gasteiger partial charge in [0.1, 0.15) is 11.6 Å². The van der Waals surface area contributed by atoms with E-state index in [0.717, 1.165) is 31.2 Å². The van der Waals surface area contributed by atoms with E-state index >= 15 is 0 Å². The minimum absolute atomic E-state index is 0.0283. The molecule has 1 heterocycles. The summed E-state index contributed by atoms with van der Waals surface area (Å²) in [6.07, 6.45) is 6.49. The maximum absolute atomic E-state index is 14.9. The highest BCUT2D eigenvalue weighted by atomic mass is 19.3. The second-order valence-electron chi connectivity index (χ2n) is 10.4. The SMILES string of the molecule is CC1(COc2cc(F)c(C(=O)N3CCCC3)cc2C2CC2)CCC2(CC1)CC2(F)F. The van der Waals surface area contributed by atoms with Gasteiger partial charge in [-0.1, -0.05) is 6.92 Å². The molecule has 0 unspecified atom stereocenters. The van der Waals surface area contributed by atoms with Gasteiger partial charge in [-0.2, -0.15) is 0 Å². The molecule has 0 bridgehead atoms. The number of rotatable bonds is 5. The van der Waals surface area contributed by atoms with Crippen LogP contribution in [0.4, 0.5) is 13.2 Å². The van der Waals surface area contributed by atoms with Crippen LogP contribution in [0.3, 0.4) is 0 Å². The highest BCUT2D eigenvalue weighted by Crippen LogP contribution is 2.69. The summed E-state index contributed by atoms with van der Waals surface area (Å²) in [6.45, 7) is 3.86. The van der Waals surface area contributed by atoms with E-state index in [1.54, 1.807) is 11.0 Å². The van der Waals surface area contributed by atoms with E-state index in [9.17, 15) is 18.0 Å². The largest absolute Gasteiger partial charge is 0.493 e. The zero-order chi connectivity index (χ0) is 21.1. The Bertz CT molecular complexity index is 850. The number of ether oxygens (including phenoxy) is 1. The van der Waals surface area contributed by atoms with E-state index in [0.29, 0.717) is 57.0 Å². The number of carbonyl (C=O) groups excluding carboxylic acids is 1. The van der Waals surface area contributed by atoms with Crippen LogP contribution in [-0.4, -0.2) is 36.4 Å². The Labute approximate surface area is 176 Å². The Morgan fingerprint density at radius 1 is 1.13 bits per heavy atom. The Kier molecular flexibility index (Phi) is 4.64. The standard InChI is InChI=1S/C24H30F3NO2/c1-22(6-8-23(9-7-22)14-24(23,26)27)15-30-20-13-19(25)18(12-17(20)16-4-5-16)21(29)28-10-2-3-11-28/h12-13,16H,2-11,14-15H2,1H3. The highest BCUT2D eigenvalue weighted by Gasteiger charge is 2.71. The molecule has 0 aromatic heterocycles. The Morgan fingerprint density at radius 3 is 2.33 bits per heavy atom. The molecule has 1 amide bonds. The zero-order valence-electron chi connectivity index (χ0n) is 17.6. The lowest BCUT2D eigenvalue weighted by Gasteiger charge is -2.37. The molecule has 1 aromatic rings. The second-order valence-corrected chi connectivity index (χ2v) is 10.4. The van der Waals surface area contributed by atoms with Crippen molar-refractivity contribution < 1.29 is 22.7 Å². The monoisotopic (exact) mass is 421 g/mol. The summed E-state index contributed by atoms with van der Waals surface area (Å²) in [5, 5.41) is 0. The number of benzene rings is 1. The minimum Gasteiger partial charge on any atom is -0.493 e. The van der Waals surface area contributed by atoms with Crippen LogP contribution >= 0.6 is 0 Å². The van der Waals surface area contributed by atoms with Crippen molar-refractivity contribution in [3.63, 3.8) is 0 Å². The van der Waals surface area contributed by atoms with Gasteiger partial charge >= 0.3 is 0 Å². The number of halogens is 3. The first-order chi connectivity index (χ1) is 14.2. The molecule has 3 nitrogen and oxygen atoms in total. The van der Waals surface area contributed by atoms with Crippen LogP contribution in [0.1, 0.15) is 86.6 Å². The third kappa shape index (κ3) is 3.50. The fourth-order valence-electron chi connectivity index (χ4n) is 5.32. The first-order valence-electron chi connectivity index (χ1n) is 11.4. The van der Waals surface area contributed by atoms with E-state index in [1.807, 2.05) is 0 Å². The molecule has 1 aromatic carbocycles. The molecule has 1 spiro atoms. The average molecular weight is 422 g/mol. The van der Waals surface area contributed by atoms with Gasteiger partial charge in [0.05, 0.1) is 12.2 Å². The van der Waals surface area contributed by atoms with Gasteiger partial charge in [0.25, 0.3) is 11.8 Å². The van der Waals surface area contributed by atoms with Crippen LogP contribution in [0.5, 0.6) is 5.75 Å². The molecule has 164 valence electrons. The predicted molar refractivity (Wildman–Crippen MR) is 108 cm³/mol. The van der Waals surface area contributed by atoms with Crippen LogP contribution in [0.15, 0.2) is 12.1 Å². The van der Waals surface area contributed by atoms with Crippen LogP contribution in [0.2, 0.25) is 0 Å². The van der Waals surface area contributed by atoms with E-state index in [4.69, 9.17) is 4.74 Å². The first-order valence-corrected chi connectivity index (χ1v) is 11.4. The van der Waals surface area contributed by atoms with Crippen molar-refractivity contribution >= 4 is 5.91 Å². The van der Waals surface area contributed by atoms with Crippen LogP contribution in [0, 0.1) is 16.6 Å². The van der Waals surface area contributed by atoms with Crippen molar-refractivity contribution in [2.75, 3.05) is 19.7 Å². The quantitative estimate of drug-likeness (QED) is 0.590. The molecule has 3 saturated carbocycles. The molecule has 0 N–H and O–H groups in total. The Balaban J connectivity index is 1.30. The second kappa shape index (κ2) is 6.89. The molecule has 30 heavy (non-hydrogen) atoms. The topological polar surface area (TPSA) is 29.5 Å². The fourth-order valence-corrected chi connectivity index (χ4v) is 5.32. The molecule has 4 aliphatic rings. The van der Waals surface area contributed by atoms with Gasteiger partial charge in [0, 0.05) is 36.4 Å². The first kappa shape index (κ1) is 20.2. The Morgan fingerprint density at radius 2 is 1.77 bits per heavy atom. The predicted octanol–water partition coefficient (Wildman–Crippen LogP) is 5.92. The normalized spacial score (nSPS) is 32.5. The maximum Gasteiger partial charge on any atom is 0.256 e. The molecule has 0 atom stereocenters. The van der Waals surface area contributed by atoms with Crippen molar-refractivity contribution in [3.05, 3.63) is 29.1 Å². The molecule has 1 aliphatic heterocycles. The van der Waals surface area contributed by atoms with Gasteiger partial charge in [-0.15, -0.1) is 0 Å². The lowest BCUT2D eigenvalue weighted by atomic mass is 9.70. The van der Waals surface area contributed by atoms with E-state index in [-0.39, 0.29) is 23.3 Å². The fraction of sp³-hybridized carbons (Fsp3) is 0.708. The number of carbonyl (C=O) groups is 1. The van der Waals surface area contributed by atoms with Gasteiger partial charge in [0.15, 0.2) is 0 Å². The van der Waals surface area contributed by atoms with Gasteiger partial charge in [-0.25, -0.2) is 13.2 Å². The van der Waals surface area contributed by atoms with Crippen molar-refractivity contribution in [2.24, 2.45) is 10.8 Å². The number of nitrogens with zero attached hydrogens (tertiary/aromatic N) is 1. The van der Waals surface area contributed by atoms with Crippen molar-refractivity contribution in [3.8, 4) is 5.75 Å². The summed E-state index contributed by atoms with van der Waals surface area (Å²) in [5.41, 5.74) is 0.122. The number of hydrogen-bond acceptors (Lipinski definition) is 2. The van der Waals surface area contributed by atoms with Gasteiger partial charge < -0.3 is 9.64 Å². The lowest BCUT2D eigenvalue weighted by molar-refractivity contribution is 0.0129. The van der Waals surface area contributed by atoms with E-state index < -0.39 is 17.2 Å². The smallest absolute Gasteiger partial charge is 0.256 e. The molecule has 6 heteroatoms. The van der Waals surface area contributed by atoms with Crippen LogP contribution in [-0.2, 0) is 0 Å². The number of amides is 1. The molecular weight excluding hydrogens is 391 g/mol. The van der Waals surface area contributed by atoms with E-state index in [2.05, 4.69) is 6.92 Å². The summed E-state index contributed by atoms with van der Waals surface area (Å²) < 4.78 is 48.3. The molecule has 0 radical (unpaired) electrons. The number of hydrogen-bond donors (Lipinski definition) is 0. The van der Waals surface area contributed by atoms with Crippen molar-refractivity contribution in [2.45, 2.75) is 76.6 Å². The molecule has 5 rings (SSSR count). The van der Waals surface area contributed by atoms with Gasteiger partial charge in [-0.05, 0) is 68.9 Å². The summed E-state index contributed by atoms with van der Waals surface area (Å²) in [6, 6.07) is 3.08. The number of alkyl halides is 2. The third-order valence-corrected chi connectivity index (χ3v) is 7.94. The van der Waals surface area contributed by atoms with Gasteiger partial charge in [-0.3, -0.25) is 4.79 Å². The summed E-state index contributed by atoms with van der Waals surface area (Å²) >= 11 is 0. The summed E-state index contributed by atoms with van der Waals surface area (Å²) in [4.78, 5) is 14.5. The van der Waals surface area contributed by atoms with Crippen molar-refractivity contribution in [1.29, 1.82) is 0 Å². The van der Waals surface area contributed by atoms with Crippen molar-refractivity contribution in [1.82, 2.24) is 4.90 Å².